The summed E-state index contributed by atoms with van der Waals surface area (Å²) in [6, 6.07) is 9.71. The van der Waals surface area contributed by atoms with Crippen molar-refractivity contribution in [3.05, 3.63) is 58.0 Å². The first-order valence-corrected chi connectivity index (χ1v) is 7.36. The summed E-state index contributed by atoms with van der Waals surface area (Å²) in [4.78, 5) is 11.8. The summed E-state index contributed by atoms with van der Waals surface area (Å²) >= 11 is 3.22. The molecule has 102 valence electrons. The molecule has 1 aromatic carbocycles. The minimum absolute atomic E-state index is 0.157. The predicted molar refractivity (Wildman–Crippen MR) is 82.5 cm³/mol. The maximum absolute atomic E-state index is 11.8. The van der Waals surface area contributed by atoms with Gasteiger partial charge in [-0.15, -0.1) is 0 Å². The molecule has 0 atom stereocenters. The first-order chi connectivity index (χ1) is 9.70. The van der Waals surface area contributed by atoms with E-state index < -0.39 is 0 Å². The van der Waals surface area contributed by atoms with Gasteiger partial charge in [-0.05, 0) is 76.7 Å². The second-order valence-corrected chi connectivity index (χ2v) is 5.58. The fourth-order valence-corrected chi connectivity index (χ4v) is 2.73. The second-order valence-electron chi connectivity index (χ2n) is 4.80. The quantitative estimate of drug-likeness (QED) is 0.857. The third-order valence-electron chi connectivity index (χ3n) is 3.36. The Hall–Kier alpha value is -1.81. The number of aryl methyl sites for hydroxylation is 2. The highest BCUT2D eigenvalue weighted by Gasteiger charge is 2.11. The van der Waals surface area contributed by atoms with Crippen molar-refractivity contribution in [2.24, 2.45) is 0 Å². The number of fused-ring (bicyclic) bond motifs is 1. The number of halogens is 1. The van der Waals surface area contributed by atoms with E-state index >= 15 is 0 Å². The molecule has 0 saturated heterocycles. The van der Waals surface area contributed by atoms with Crippen LogP contribution in [0.5, 0.6) is 0 Å². The number of benzene rings is 1. The summed E-state index contributed by atoms with van der Waals surface area (Å²) in [6.07, 6.45) is 6.58. The van der Waals surface area contributed by atoms with Crippen molar-refractivity contribution in [3.63, 3.8) is 0 Å². The van der Waals surface area contributed by atoms with Gasteiger partial charge in [0.05, 0.1) is 0 Å². The molecule has 0 saturated carbocycles. The Labute approximate surface area is 125 Å². The number of amides is 1. The van der Waals surface area contributed by atoms with Crippen LogP contribution < -0.4 is 5.32 Å². The van der Waals surface area contributed by atoms with E-state index in [1.807, 2.05) is 6.07 Å². The zero-order chi connectivity index (χ0) is 13.9. The van der Waals surface area contributed by atoms with Crippen molar-refractivity contribution >= 4 is 33.6 Å². The van der Waals surface area contributed by atoms with E-state index in [4.69, 9.17) is 4.42 Å². The number of furan rings is 1. The Balaban J connectivity index is 1.65. The van der Waals surface area contributed by atoms with Gasteiger partial charge in [0.15, 0.2) is 4.67 Å². The number of carbonyl (C=O) groups excluding carboxylic acids is 1. The fourth-order valence-electron chi connectivity index (χ4n) is 2.41. The normalized spacial score (nSPS) is 13.7. The maximum atomic E-state index is 11.8. The fraction of sp³-hybridized carbons (Fsp3) is 0.188. The Morgan fingerprint density at radius 3 is 2.85 bits per heavy atom. The summed E-state index contributed by atoms with van der Waals surface area (Å²) in [6.45, 7) is 0. The van der Waals surface area contributed by atoms with Crippen LogP contribution in [-0.2, 0) is 17.6 Å². The summed E-state index contributed by atoms with van der Waals surface area (Å²) in [7, 11) is 0. The molecule has 4 heteroatoms. The zero-order valence-electron chi connectivity index (χ0n) is 10.9. The zero-order valence-corrected chi connectivity index (χ0v) is 12.4. The third kappa shape index (κ3) is 3.02. The van der Waals surface area contributed by atoms with Crippen molar-refractivity contribution in [1.82, 2.24) is 0 Å². The highest BCUT2D eigenvalue weighted by molar-refractivity contribution is 9.10. The molecule has 1 aromatic heterocycles. The van der Waals surface area contributed by atoms with E-state index in [0.717, 1.165) is 18.5 Å². The lowest BCUT2D eigenvalue weighted by Crippen LogP contribution is -2.07. The topological polar surface area (TPSA) is 42.2 Å². The monoisotopic (exact) mass is 331 g/mol. The summed E-state index contributed by atoms with van der Waals surface area (Å²) < 4.78 is 5.94. The van der Waals surface area contributed by atoms with Crippen LogP contribution in [0.3, 0.4) is 0 Å². The molecular formula is C16H14BrNO2. The van der Waals surface area contributed by atoms with E-state index in [-0.39, 0.29) is 5.91 Å². The van der Waals surface area contributed by atoms with Crippen LogP contribution in [0.15, 0.2) is 45.5 Å². The lowest BCUT2D eigenvalue weighted by molar-refractivity contribution is -0.111. The molecule has 1 aliphatic rings. The van der Waals surface area contributed by atoms with E-state index in [9.17, 15) is 4.79 Å². The Kier molecular flexibility index (Phi) is 3.74. The van der Waals surface area contributed by atoms with Crippen LogP contribution in [0.2, 0.25) is 0 Å². The van der Waals surface area contributed by atoms with Gasteiger partial charge in [-0.1, -0.05) is 6.07 Å². The molecular weight excluding hydrogens is 318 g/mol. The Morgan fingerprint density at radius 1 is 1.20 bits per heavy atom. The lowest BCUT2D eigenvalue weighted by Gasteiger charge is -2.05. The van der Waals surface area contributed by atoms with Crippen molar-refractivity contribution in [2.75, 3.05) is 5.32 Å². The van der Waals surface area contributed by atoms with E-state index in [2.05, 4.69) is 33.4 Å². The smallest absolute Gasteiger partial charge is 0.248 e. The highest BCUT2D eigenvalue weighted by atomic mass is 79.9. The minimum Gasteiger partial charge on any atom is -0.450 e. The molecule has 20 heavy (non-hydrogen) atoms. The van der Waals surface area contributed by atoms with Gasteiger partial charge in [-0.2, -0.15) is 0 Å². The SMILES string of the molecule is O=C(C=Cc1ccc(Br)o1)Nc1ccc2c(c1)CCC2. The summed E-state index contributed by atoms with van der Waals surface area (Å²) in [5.74, 6) is 0.483. The van der Waals surface area contributed by atoms with Gasteiger partial charge in [0.2, 0.25) is 5.91 Å². The molecule has 2 aromatic rings. The number of rotatable bonds is 3. The molecule has 0 aliphatic heterocycles. The van der Waals surface area contributed by atoms with Crippen LogP contribution >= 0.6 is 15.9 Å². The van der Waals surface area contributed by atoms with Crippen LogP contribution in [0.4, 0.5) is 5.69 Å². The van der Waals surface area contributed by atoms with E-state index in [0.29, 0.717) is 10.4 Å². The highest BCUT2D eigenvalue weighted by Crippen LogP contribution is 2.24. The van der Waals surface area contributed by atoms with E-state index in [1.165, 1.54) is 23.6 Å². The van der Waals surface area contributed by atoms with Crippen LogP contribution in [-0.4, -0.2) is 5.91 Å². The van der Waals surface area contributed by atoms with Gasteiger partial charge in [-0.3, -0.25) is 4.79 Å². The summed E-state index contributed by atoms with van der Waals surface area (Å²) in [5, 5.41) is 2.87. The molecule has 1 aliphatic carbocycles. The van der Waals surface area contributed by atoms with Crippen LogP contribution in [0, 0.1) is 0 Å². The molecule has 3 nitrogen and oxygen atoms in total. The summed E-state index contributed by atoms with van der Waals surface area (Å²) in [5.41, 5.74) is 3.60. The Bertz CT molecular complexity index is 673. The van der Waals surface area contributed by atoms with Gasteiger partial charge in [0, 0.05) is 11.8 Å². The average Bonchev–Trinajstić information content (AvgIpc) is 3.04. The molecule has 1 amide bonds. The number of carbonyl (C=O) groups is 1. The molecule has 0 radical (unpaired) electrons. The number of nitrogens with one attached hydrogen (secondary N) is 1. The molecule has 3 rings (SSSR count). The first-order valence-electron chi connectivity index (χ1n) is 6.57. The second kappa shape index (κ2) is 5.67. The third-order valence-corrected chi connectivity index (χ3v) is 3.79. The largest absolute Gasteiger partial charge is 0.450 e. The molecule has 0 bridgehead atoms. The van der Waals surface area contributed by atoms with Gasteiger partial charge in [-0.25, -0.2) is 0 Å². The number of hydrogen-bond donors (Lipinski definition) is 1. The minimum atomic E-state index is -0.157. The average molecular weight is 332 g/mol. The van der Waals surface area contributed by atoms with Crippen molar-refractivity contribution in [2.45, 2.75) is 19.3 Å². The molecule has 0 spiro atoms. The van der Waals surface area contributed by atoms with Crippen LogP contribution in [0.1, 0.15) is 23.3 Å². The van der Waals surface area contributed by atoms with Crippen molar-refractivity contribution < 1.29 is 9.21 Å². The van der Waals surface area contributed by atoms with Gasteiger partial charge < -0.3 is 9.73 Å². The molecule has 0 unspecified atom stereocenters. The molecule has 1 heterocycles. The molecule has 0 fully saturated rings. The van der Waals surface area contributed by atoms with Crippen molar-refractivity contribution in [3.8, 4) is 0 Å². The van der Waals surface area contributed by atoms with E-state index in [1.54, 1.807) is 18.2 Å². The van der Waals surface area contributed by atoms with Gasteiger partial charge in [0.1, 0.15) is 5.76 Å². The van der Waals surface area contributed by atoms with Crippen molar-refractivity contribution in [1.29, 1.82) is 0 Å². The Morgan fingerprint density at radius 2 is 2.05 bits per heavy atom. The van der Waals surface area contributed by atoms with Gasteiger partial charge in [0.25, 0.3) is 0 Å². The predicted octanol–water partition coefficient (Wildman–Crippen LogP) is 4.18. The standard InChI is InChI=1S/C16H14BrNO2/c17-15-8-6-14(20-15)7-9-16(19)18-13-5-4-11-2-1-3-12(11)10-13/h4-10H,1-3H2,(H,18,19). The van der Waals surface area contributed by atoms with Crippen LogP contribution in [0.25, 0.3) is 6.08 Å². The lowest BCUT2D eigenvalue weighted by atomic mass is 10.1. The number of hydrogen-bond acceptors (Lipinski definition) is 2. The first kappa shape index (κ1) is 13.2. The van der Waals surface area contributed by atoms with Gasteiger partial charge >= 0.3 is 0 Å². The number of anilines is 1. The molecule has 1 N–H and O–H groups in total. The maximum Gasteiger partial charge on any atom is 0.248 e.